The smallest absolute Gasteiger partial charge is 0.317 e. The lowest BCUT2D eigenvalue weighted by Crippen LogP contribution is -2.62. The summed E-state index contributed by atoms with van der Waals surface area (Å²) < 4.78 is 16.9. The van der Waals surface area contributed by atoms with Crippen molar-refractivity contribution in [1.29, 1.82) is 0 Å². The van der Waals surface area contributed by atoms with Gasteiger partial charge in [-0.05, 0) is 75.0 Å². The molecular weight excluding hydrogens is 1650 g/mol. The zero-order chi connectivity index (χ0) is 89.6. The molecule has 2 bridgehead atoms. The van der Waals surface area contributed by atoms with Gasteiger partial charge in [0.05, 0.1) is 65.1 Å². The molecule has 2 aromatic rings. The van der Waals surface area contributed by atoms with Crippen LogP contribution >= 0.6 is 23.5 Å². The Hall–Kier alpha value is -9.66. The molecule has 16 N–H and O–H groups in total. The van der Waals surface area contributed by atoms with Gasteiger partial charge in [0.1, 0.15) is 48.3 Å². The van der Waals surface area contributed by atoms with Crippen LogP contribution in [0.5, 0.6) is 0 Å². The second kappa shape index (κ2) is 56.3. The first-order valence-corrected chi connectivity index (χ1v) is 44.2. The minimum atomic E-state index is -1.77. The average molecular weight is 1770 g/mol. The highest BCUT2D eigenvalue weighted by Gasteiger charge is 2.45. The standard InChI is InChI=1S/C81H124N16O24S2/c1-3-4-17-58(86-67(101)23-22-66(100)83-25-11-38-119-40-42-121-43-41-120-39-12-26-84-68(102)46-92-30-32-93(47-70(105)106)34-36-95(49-72(109)110)37-35-94(33-31-92)48-71(107)108)75(112)90-62-53-123-51-57-16-8-15-56(44-57)50-122-52-61(74(111)85-27-24-69(103)104)89-77(114)60(45-55-13-6-5-7-14-55)88-76(113)59(20-21-65(82)99)87-79(116)73(54(2)98)91-78(115)63-18-9-28-96(63)81(118)64-19-10-29-97(64)80(62)117/h5-8,13-16,44,54,58-64,73,98H,3-4,9-12,17-43,45-53H2,1-2H3,(H2,82,99)(H,83,100)(H,84,102)(H,85,111)(H,86,101)(H,87,116)(H,88,113)(H,89,114)(H,90,112)(H,91,115)(H,103,104)(H,105,106)(H,107,108)(H,109,110)/t54-,58+,59+,60+,61+,62+,63+,64+,73+/m1/s1. The Balaban J connectivity index is 1.02. The molecule has 4 heterocycles. The summed E-state index contributed by atoms with van der Waals surface area (Å²) in [5.41, 5.74) is 7.67. The second-order valence-corrected chi connectivity index (χ2v) is 32.7. The SMILES string of the molecule is CCCC[C@H](NC(=O)CCC(=O)NCCCOCCOCCOCCCNC(=O)CN1CCN(CC(=O)O)CCN(CC(=O)O)CCN(CC(=O)O)CC1)C(=O)N[C@H]1CSCc2cccc(c2)CSC[C@@H](C(=O)NCCC(=O)O)NC(=O)[C@H](Cc2ccccc2)NC(=O)[C@H](CCC(N)=O)NC(=O)[C@H]([C@@H](C)O)NC(=O)[C@@H]2CCCN2C(=O)[C@@H]2CCCN2C1=O. The third-order valence-electron chi connectivity index (χ3n) is 20.7. The number of carboxylic acid groups (broad SMARTS) is 4. The number of hydrogen-bond acceptors (Lipinski definition) is 26. The second-order valence-electron chi connectivity index (χ2n) is 30.6. The zero-order valence-corrected chi connectivity index (χ0v) is 71.8. The summed E-state index contributed by atoms with van der Waals surface area (Å²) in [5.74, 6) is -12.4. The van der Waals surface area contributed by atoms with E-state index in [1.54, 1.807) is 45.0 Å². The number of carbonyl (C=O) groups excluding carboxylic acids is 12. The van der Waals surface area contributed by atoms with E-state index in [9.17, 15) is 97.5 Å². The molecule has 0 unspecified atom stereocenters. The summed E-state index contributed by atoms with van der Waals surface area (Å²) in [7, 11) is 0. The highest BCUT2D eigenvalue weighted by molar-refractivity contribution is 7.98. The number of aliphatic hydroxyl groups is 1. The minimum Gasteiger partial charge on any atom is -0.481 e. The van der Waals surface area contributed by atoms with Crippen molar-refractivity contribution in [3.05, 3.63) is 71.3 Å². The monoisotopic (exact) mass is 1770 g/mol. The lowest BCUT2D eigenvalue weighted by molar-refractivity contribution is -0.148. The van der Waals surface area contributed by atoms with E-state index in [2.05, 4.69) is 47.9 Å². The first-order valence-electron chi connectivity index (χ1n) is 41.9. The lowest BCUT2D eigenvalue weighted by Gasteiger charge is -2.34. The van der Waals surface area contributed by atoms with Gasteiger partial charge in [0, 0.05) is 147 Å². The van der Waals surface area contributed by atoms with Crippen molar-refractivity contribution in [2.45, 2.75) is 176 Å². The number of carboxylic acids is 4. The van der Waals surface area contributed by atoms with Crippen LogP contribution in [0.25, 0.3) is 0 Å². The van der Waals surface area contributed by atoms with Crippen molar-refractivity contribution in [1.82, 2.24) is 77.3 Å². The third-order valence-corrected chi connectivity index (χ3v) is 22.9. The van der Waals surface area contributed by atoms with Crippen molar-refractivity contribution < 1.29 is 116 Å². The molecule has 3 fully saturated rings. The number of nitrogens with two attached hydrogens (primary N) is 1. The van der Waals surface area contributed by atoms with Crippen LogP contribution in [0.1, 0.15) is 120 Å². The van der Waals surface area contributed by atoms with E-state index in [4.69, 9.17) is 19.9 Å². The van der Waals surface area contributed by atoms with Crippen molar-refractivity contribution >= 4 is 118 Å². The summed E-state index contributed by atoms with van der Waals surface area (Å²) in [6.45, 7) is 6.61. The van der Waals surface area contributed by atoms with Crippen LogP contribution in [-0.4, -0.2) is 367 Å². The van der Waals surface area contributed by atoms with Gasteiger partial charge in [-0.2, -0.15) is 23.5 Å². The molecule has 0 saturated carbocycles. The van der Waals surface area contributed by atoms with Gasteiger partial charge in [0.25, 0.3) is 0 Å². The number of unbranched alkanes of at least 4 members (excludes halogenated alkanes) is 1. The summed E-state index contributed by atoms with van der Waals surface area (Å²) in [5, 5.41) is 73.2. The number of carbonyl (C=O) groups is 16. The first kappa shape index (κ1) is 102. The number of primary amides is 1. The number of aliphatic hydroxyl groups excluding tert-OH is 1. The largest absolute Gasteiger partial charge is 0.481 e. The molecule has 0 aromatic heterocycles. The Bertz CT molecular complexity index is 3770. The molecule has 9 atom stereocenters. The molecule has 6 rings (SSSR count). The number of benzene rings is 2. The van der Waals surface area contributed by atoms with Crippen LogP contribution < -0.4 is 53.6 Å². The Morgan fingerprint density at radius 1 is 0.520 bits per heavy atom. The van der Waals surface area contributed by atoms with Crippen molar-refractivity contribution in [2.24, 2.45) is 5.73 Å². The fraction of sp³-hybridized carbons (Fsp3) is 0.654. The molecule has 684 valence electrons. The van der Waals surface area contributed by atoms with Gasteiger partial charge >= 0.3 is 23.9 Å². The molecule has 0 spiro atoms. The Morgan fingerprint density at radius 3 is 1.58 bits per heavy atom. The third kappa shape index (κ3) is 39.4. The summed E-state index contributed by atoms with van der Waals surface area (Å²) in [6, 6.07) is 5.04. The van der Waals surface area contributed by atoms with Crippen LogP contribution in [0.15, 0.2) is 54.6 Å². The Morgan fingerprint density at radius 2 is 1.03 bits per heavy atom. The predicted molar refractivity (Wildman–Crippen MR) is 450 cm³/mol. The maximum Gasteiger partial charge on any atom is 0.317 e. The summed E-state index contributed by atoms with van der Waals surface area (Å²) >= 11 is 2.55. The molecule has 4 aliphatic rings. The number of nitrogens with one attached hydrogen (secondary N) is 9. The fourth-order valence-corrected chi connectivity index (χ4v) is 16.1. The molecule has 2 aromatic carbocycles. The highest BCUT2D eigenvalue weighted by atomic mass is 32.2. The lowest BCUT2D eigenvalue weighted by atomic mass is 10.0. The van der Waals surface area contributed by atoms with E-state index >= 15 is 4.79 Å². The highest BCUT2D eigenvalue weighted by Crippen LogP contribution is 2.28. The molecule has 42 heteroatoms. The van der Waals surface area contributed by atoms with Gasteiger partial charge in [0.2, 0.25) is 70.9 Å². The number of thioether (sulfide) groups is 2. The predicted octanol–water partition coefficient (Wildman–Crippen LogP) is -2.95. The molecule has 12 amide bonds. The fourth-order valence-electron chi connectivity index (χ4n) is 14.2. The quantitative estimate of drug-likeness (QED) is 0.0296. The van der Waals surface area contributed by atoms with Gasteiger partial charge in [0.15, 0.2) is 0 Å². The van der Waals surface area contributed by atoms with Gasteiger partial charge in [-0.1, -0.05) is 74.4 Å². The van der Waals surface area contributed by atoms with Gasteiger partial charge in [-0.3, -0.25) is 96.3 Å². The number of rotatable bonds is 41. The number of nitrogens with zero attached hydrogens (tertiary/aromatic N) is 6. The van der Waals surface area contributed by atoms with E-state index in [0.717, 1.165) is 11.1 Å². The Labute approximate surface area is 724 Å². The maximum atomic E-state index is 15.2. The number of aliphatic carboxylic acids is 4. The molecule has 3 saturated heterocycles. The first-order chi connectivity index (χ1) is 59.0. The van der Waals surface area contributed by atoms with E-state index in [-0.39, 0.29) is 186 Å². The average Bonchev–Trinajstić information content (AvgIpc) is 1.66. The Kier molecular flexibility index (Phi) is 46.7. The van der Waals surface area contributed by atoms with Crippen LogP contribution in [-0.2, 0) is 109 Å². The van der Waals surface area contributed by atoms with E-state index in [1.165, 1.54) is 40.2 Å². The molecule has 4 aliphatic heterocycles. The van der Waals surface area contributed by atoms with Crippen molar-refractivity contribution in [3.8, 4) is 0 Å². The zero-order valence-electron chi connectivity index (χ0n) is 70.2. The minimum absolute atomic E-state index is 0.0126. The summed E-state index contributed by atoms with van der Waals surface area (Å²) in [6.07, 6.45) is -0.351. The molecule has 0 radical (unpaired) electrons. The van der Waals surface area contributed by atoms with Gasteiger partial charge in [-0.15, -0.1) is 0 Å². The normalized spacial score (nSPS) is 21.4. The van der Waals surface area contributed by atoms with Crippen molar-refractivity contribution in [3.63, 3.8) is 0 Å². The topological polar surface area (TPSA) is 556 Å². The van der Waals surface area contributed by atoms with Crippen LogP contribution in [0.3, 0.4) is 0 Å². The van der Waals surface area contributed by atoms with Crippen molar-refractivity contribution in [2.75, 3.05) is 162 Å². The van der Waals surface area contributed by atoms with Gasteiger partial charge < -0.3 is 103 Å². The van der Waals surface area contributed by atoms with Crippen LogP contribution in [0, 0.1) is 0 Å². The molecule has 40 nitrogen and oxygen atoms in total. The van der Waals surface area contributed by atoms with Gasteiger partial charge in [-0.25, -0.2) is 0 Å². The van der Waals surface area contributed by atoms with Crippen LogP contribution in [0.4, 0.5) is 0 Å². The molecular formula is C81H124N16O24S2. The number of hydrogen-bond donors (Lipinski definition) is 15. The maximum absolute atomic E-state index is 15.2. The van der Waals surface area contributed by atoms with E-state index < -0.39 is 163 Å². The summed E-state index contributed by atoms with van der Waals surface area (Å²) in [4.78, 5) is 224. The number of fused-ring (bicyclic) bond motifs is 4. The number of amides is 12. The van der Waals surface area contributed by atoms with E-state index in [1.807, 2.05) is 36.1 Å². The number of ether oxygens (including phenoxy) is 3. The molecule has 123 heavy (non-hydrogen) atoms. The van der Waals surface area contributed by atoms with E-state index in [0.29, 0.717) is 76.1 Å². The molecule has 0 aliphatic carbocycles. The van der Waals surface area contributed by atoms with Crippen LogP contribution in [0.2, 0.25) is 0 Å².